The minimum Gasteiger partial charge on any atom is -0.494 e. The van der Waals surface area contributed by atoms with Crippen molar-refractivity contribution < 1.29 is 9.53 Å². The molecule has 0 saturated heterocycles. The number of ketones is 1. The fourth-order valence-electron chi connectivity index (χ4n) is 1.50. The van der Waals surface area contributed by atoms with Crippen molar-refractivity contribution in [2.75, 3.05) is 6.61 Å². The average molecular weight is 250 g/mol. The molecular weight excluding hydrogens is 224 g/mol. The van der Waals surface area contributed by atoms with Crippen LogP contribution in [0.5, 0.6) is 5.75 Å². The number of unbranched alkanes of at least 4 members (excludes halogenated alkanes) is 3. The average Bonchev–Trinajstić information content (AvgIpc) is 2.41. The summed E-state index contributed by atoms with van der Waals surface area (Å²) < 4.78 is 5.58. The van der Waals surface area contributed by atoms with E-state index in [4.69, 9.17) is 4.74 Å². The van der Waals surface area contributed by atoms with Crippen molar-refractivity contribution in [1.29, 1.82) is 0 Å². The van der Waals surface area contributed by atoms with E-state index in [1.165, 1.54) is 19.3 Å². The molecule has 0 aromatic heterocycles. The maximum Gasteiger partial charge on any atom is 0.159 e. The Bertz CT molecular complexity index is 314. The van der Waals surface area contributed by atoms with Gasteiger partial charge >= 0.3 is 0 Å². The fraction of sp³-hybridized carbons (Fsp3) is 0.562. The van der Waals surface area contributed by atoms with Gasteiger partial charge in [0.15, 0.2) is 5.78 Å². The summed E-state index contributed by atoms with van der Waals surface area (Å²) in [4.78, 5) is 11.0. The van der Waals surface area contributed by atoms with E-state index in [1.807, 2.05) is 38.1 Å². The summed E-state index contributed by atoms with van der Waals surface area (Å²) in [7, 11) is 0. The zero-order valence-electron chi connectivity index (χ0n) is 12.2. The second-order valence-electron chi connectivity index (χ2n) is 3.99. The molecule has 0 atom stereocenters. The molecule has 0 unspecified atom stereocenters. The van der Waals surface area contributed by atoms with E-state index in [1.54, 1.807) is 6.92 Å². The van der Waals surface area contributed by atoms with E-state index in [2.05, 4.69) is 6.92 Å². The summed E-state index contributed by atoms with van der Waals surface area (Å²) in [6.45, 7) is 8.53. The minimum atomic E-state index is 0.0921. The molecule has 0 bridgehead atoms. The Morgan fingerprint density at radius 2 is 1.67 bits per heavy atom. The van der Waals surface area contributed by atoms with Crippen LogP contribution >= 0.6 is 0 Å². The smallest absolute Gasteiger partial charge is 0.159 e. The van der Waals surface area contributed by atoms with Crippen molar-refractivity contribution in [3.8, 4) is 5.75 Å². The van der Waals surface area contributed by atoms with Gasteiger partial charge in [0, 0.05) is 5.56 Å². The summed E-state index contributed by atoms with van der Waals surface area (Å²) in [6.07, 6.45) is 4.84. The topological polar surface area (TPSA) is 26.3 Å². The van der Waals surface area contributed by atoms with Crippen LogP contribution in [0.25, 0.3) is 0 Å². The second kappa shape index (κ2) is 10.8. The van der Waals surface area contributed by atoms with E-state index in [0.717, 1.165) is 24.3 Å². The Morgan fingerprint density at radius 1 is 1.06 bits per heavy atom. The van der Waals surface area contributed by atoms with Crippen LogP contribution in [-0.2, 0) is 0 Å². The number of hydrogen-bond donors (Lipinski definition) is 0. The van der Waals surface area contributed by atoms with Crippen molar-refractivity contribution in [3.05, 3.63) is 29.8 Å². The number of Topliss-reactive ketones (excluding diaryl/α,β-unsaturated/α-hetero) is 1. The maximum atomic E-state index is 11.0. The first kappa shape index (κ1) is 16.7. The van der Waals surface area contributed by atoms with Gasteiger partial charge in [-0.1, -0.05) is 40.0 Å². The molecule has 18 heavy (non-hydrogen) atoms. The number of rotatable bonds is 7. The summed E-state index contributed by atoms with van der Waals surface area (Å²) in [6, 6.07) is 7.33. The lowest BCUT2D eigenvalue weighted by Crippen LogP contribution is -1.98. The van der Waals surface area contributed by atoms with E-state index in [-0.39, 0.29) is 5.78 Å². The van der Waals surface area contributed by atoms with Gasteiger partial charge in [0.05, 0.1) is 6.61 Å². The highest BCUT2D eigenvalue weighted by molar-refractivity contribution is 5.94. The van der Waals surface area contributed by atoms with E-state index >= 15 is 0 Å². The summed E-state index contributed by atoms with van der Waals surface area (Å²) in [5, 5.41) is 0. The molecule has 0 spiro atoms. The highest BCUT2D eigenvalue weighted by Crippen LogP contribution is 2.13. The minimum absolute atomic E-state index is 0.0921. The molecular formula is C16H26O2. The lowest BCUT2D eigenvalue weighted by Gasteiger charge is -2.06. The standard InChI is InChI=1S/C14H20O2.C2H6/c1-3-4-5-6-11-16-14-9-7-13(8-10-14)12(2)15;1-2/h7-10H,3-6,11H2,1-2H3;1-2H3. The lowest BCUT2D eigenvalue weighted by atomic mass is 10.1. The molecule has 0 amide bonds. The van der Waals surface area contributed by atoms with Gasteiger partial charge in [-0.3, -0.25) is 4.79 Å². The van der Waals surface area contributed by atoms with Crippen LogP contribution in [0.3, 0.4) is 0 Å². The maximum absolute atomic E-state index is 11.0. The molecule has 1 rings (SSSR count). The molecule has 2 nitrogen and oxygen atoms in total. The quantitative estimate of drug-likeness (QED) is 0.509. The Balaban J connectivity index is 0.00000137. The molecule has 0 aliphatic rings. The van der Waals surface area contributed by atoms with Crippen molar-refractivity contribution in [2.24, 2.45) is 0 Å². The van der Waals surface area contributed by atoms with Crippen LogP contribution in [-0.4, -0.2) is 12.4 Å². The van der Waals surface area contributed by atoms with Gasteiger partial charge in [-0.15, -0.1) is 0 Å². The number of hydrogen-bond acceptors (Lipinski definition) is 2. The van der Waals surface area contributed by atoms with Crippen molar-refractivity contribution in [1.82, 2.24) is 0 Å². The highest BCUT2D eigenvalue weighted by atomic mass is 16.5. The van der Waals surface area contributed by atoms with Gasteiger partial charge in [0.2, 0.25) is 0 Å². The van der Waals surface area contributed by atoms with Crippen molar-refractivity contribution >= 4 is 5.78 Å². The predicted octanol–water partition coefficient (Wildman–Crippen LogP) is 4.87. The largest absolute Gasteiger partial charge is 0.494 e. The number of ether oxygens (including phenoxy) is 1. The van der Waals surface area contributed by atoms with Gasteiger partial charge < -0.3 is 4.74 Å². The molecule has 0 saturated carbocycles. The Hall–Kier alpha value is -1.31. The Kier molecular flexibility index (Phi) is 10.0. The summed E-state index contributed by atoms with van der Waals surface area (Å²) >= 11 is 0. The monoisotopic (exact) mass is 250 g/mol. The molecule has 102 valence electrons. The van der Waals surface area contributed by atoms with Gasteiger partial charge in [-0.2, -0.15) is 0 Å². The van der Waals surface area contributed by atoms with E-state index in [0.29, 0.717) is 0 Å². The number of carbonyl (C=O) groups excluding carboxylic acids is 1. The molecule has 0 N–H and O–H groups in total. The van der Waals surface area contributed by atoms with Gasteiger partial charge in [0.1, 0.15) is 5.75 Å². The summed E-state index contributed by atoms with van der Waals surface area (Å²) in [5.41, 5.74) is 0.735. The Morgan fingerprint density at radius 3 is 2.17 bits per heavy atom. The molecule has 0 radical (unpaired) electrons. The fourth-order valence-corrected chi connectivity index (χ4v) is 1.50. The molecule has 0 heterocycles. The van der Waals surface area contributed by atoms with Crippen LogP contribution in [0, 0.1) is 0 Å². The van der Waals surface area contributed by atoms with Crippen molar-refractivity contribution in [3.63, 3.8) is 0 Å². The van der Waals surface area contributed by atoms with Crippen LogP contribution in [0.15, 0.2) is 24.3 Å². The molecule has 0 fully saturated rings. The predicted molar refractivity (Wildman–Crippen MR) is 77.4 cm³/mol. The van der Waals surface area contributed by atoms with Crippen LogP contribution in [0.2, 0.25) is 0 Å². The number of carbonyl (C=O) groups is 1. The van der Waals surface area contributed by atoms with Crippen molar-refractivity contribution in [2.45, 2.75) is 53.4 Å². The van der Waals surface area contributed by atoms with Gasteiger partial charge in [0.25, 0.3) is 0 Å². The molecule has 0 aliphatic heterocycles. The zero-order chi connectivity index (χ0) is 13.8. The zero-order valence-corrected chi connectivity index (χ0v) is 12.2. The molecule has 2 heteroatoms. The Labute approximate surface area is 111 Å². The molecule has 1 aromatic carbocycles. The second-order valence-corrected chi connectivity index (χ2v) is 3.99. The van der Waals surface area contributed by atoms with Gasteiger partial charge in [-0.25, -0.2) is 0 Å². The first-order chi connectivity index (χ1) is 8.74. The number of benzene rings is 1. The molecule has 0 aliphatic carbocycles. The van der Waals surface area contributed by atoms with Crippen LogP contribution < -0.4 is 4.74 Å². The SMILES string of the molecule is CC.CCCCCCOc1ccc(C(C)=O)cc1. The third-order valence-corrected chi connectivity index (χ3v) is 2.53. The third-order valence-electron chi connectivity index (χ3n) is 2.53. The normalized spacial score (nSPS) is 9.33. The van der Waals surface area contributed by atoms with E-state index < -0.39 is 0 Å². The third kappa shape index (κ3) is 7.10. The first-order valence-corrected chi connectivity index (χ1v) is 6.98. The molecule has 1 aromatic rings. The van der Waals surface area contributed by atoms with Crippen LogP contribution in [0.1, 0.15) is 63.7 Å². The summed E-state index contributed by atoms with van der Waals surface area (Å²) in [5.74, 6) is 0.941. The van der Waals surface area contributed by atoms with E-state index in [9.17, 15) is 4.79 Å². The lowest BCUT2D eigenvalue weighted by molar-refractivity contribution is 0.101. The van der Waals surface area contributed by atoms with Crippen LogP contribution in [0.4, 0.5) is 0 Å². The van der Waals surface area contributed by atoms with Gasteiger partial charge in [-0.05, 0) is 37.6 Å². The first-order valence-electron chi connectivity index (χ1n) is 6.98. The highest BCUT2D eigenvalue weighted by Gasteiger charge is 1.99.